The summed E-state index contributed by atoms with van der Waals surface area (Å²) in [6.45, 7) is 6.53. The van der Waals surface area contributed by atoms with Gasteiger partial charge in [-0.15, -0.1) is 0 Å². The van der Waals surface area contributed by atoms with Crippen LogP contribution in [0.5, 0.6) is 0 Å². The SMILES string of the molecule is CCc1ccc(NC(=O)CCN(C(=O)C(CC)c2ccccc2)C(C)c2ccccc2)cc1. The predicted octanol–water partition coefficient (Wildman–Crippen LogP) is 6.36. The molecule has 3 aromatic rings. The van der Waals surface area contributed by atoms with E-state index in [1.165, 1.54) is 5.56 Å². The van der Waals surface area contributed by atoms with Crippen LogP contribution in [0.4, 0.5) is 5.69 Å². The number of rotatable bonds is 10. The monoisotopic (exact) mass is 442 g/mol. The molecule has 2 unspecified atom stereocenters. The molecule has 0 saturated carbocycles. The van der Waals surface area contributed by atoms with Gasteiger partial charge in [0.1, 0.15) is 0 Å². The van der Waals surface area contributed by atoms with Crippen molar-refractivity contribution in [1.29, 1.82) is 0 Å². The Balaban J connectivity index is 1.76. The summed E-state index contributed by atoms with van der Waals surface area (Å²) in [5, 5.41) is 2.96. The molecule has 172 valence electrons. The normalized spacial score (nSPS) is 12.6. The highest BCUT2D eigenvalue weighted by atomic mass is 16.2. The summed E-state index contributed by atoms with van der Waals surface area (Å²) in [5.41, 5.74) is 4.08. The van der Waals surface area contributed by atoms with E-state index in [4.69, 9.17) is 0 Å². The van der Waals surface area contributed by atoms with Crippen molar-refractivity contribution < 1.29 is 9.59 Å². The van der Waals surface area contributed by atoms with Crippen LogP contribution in [0.25, 0.3) is 0 Å². The van der Waals surface area contributed by atoms with E-state index in [2.05, 4.69) is 12.2 Å². The molecule has 0 aliphatic rings. The number of carbonyl (C=O) groups excluding carboxylic acids is 2. The summed E-state index contributed by atoms with van der Waals surface area (Å²) < 4.78 is 0. The number of aryl methyl sites for hydroxylation is 1. The maximum absolute atomic E-state index is 13.7. The molecule has 0 spiro atoms. The maximum Gasteiger partial charge on any atom is 0.230 e. The zero-order chi connectivity index (χ0) is 23.6. The molecular weight excluding hydrogens is 408 g/mol. The molecule has 0 bridgehead atoms. The highest BCUT2D eigenvalue weighted by molar-refractivity contribution is 5.91. The molecule has 0 aromatic heterocycles. The Bertz CT molecular complexity index is 1020. The lowest BCUT2D eigenvalue weighted by Crippen LogP contribution is -2.39. The lowest BCUT2D eigenvalue weighted by Gasteiger charge is -2.33. The van der Waals surface area contributed by atoms with Crippen molar-refractivity contribution in [2.45, 2.75) is 52.0 Å². The van der Waals surface area contributed by atoms with Gasteiger partial charge in [-0.1, -0.05) is 86.6 Å². The van der Waals surface area contributed by atoms with Crippen LogP contribution in [0.15, 0.2) is 84.9 Å². The van der Waals surface area contributed by atoms with E-state index in [1.54, 1.807) is 0 Å². The third-order valence-corrected chi connectivity index (χ3v) is 6.17. The number of nitrogens with one attached hydrogen (secondary N) is 1. The van der Waals surface area contributed by atoms with Gasteiger partial charge in [-0.2, -0.15) is 0 Å². The van der Waals surface area contributed by atoms with Gasteiger partial charge in [-0.25, -0.2) is 0 Å². The van der Waals surface area contributed by atoms with Crippen LogP contribution in [0.3, 0.4) is 0 Å². The van der Waals surface area contributed by atoms with E-state index in [9.17, 15) is 9.59 Å². The average Bonchev–Trinajstić information content (AvgIpc) is 2.86. The Morgan fingerprint density at radius 1 is 0.818 bits per heavy atom. The van der Waals surface area contributed by atoms with E-state index in [1.807, 2.05) is 104 Å². The molecule has 2 atom stereocenters. The Morgan fingerprint density at radius 2 is 1.39 bits per heavy atom. The smallest absolute Gasteiger partial charge is 0.230 e. The molecule has 0 fully saturated rings. The number of hydrogen-bond acceptors (Lipinski definition) is 2. The van der Waals surface area contributed by atoms with Gasteiger partial charge >= 0.3 is 0 Å². The zero-order valence-corrected chi connectivity index (χ0v) is 19.8. The van der Waals surface area contributed by atoms with Gasteiger partial charge in [-0.05, 0) is 48.6 Å². The molecule has 3 aromatic carbocycles. The van der Waals surface area contributed by atoms with Crippen LogP contribution in [0.1, 0.15) is 62.3 Å². The van der Waals surface area contributed by atoms with Crippen molar-refractivity contribution in [3.63, 3.8) is 0 Å². The minimum Gasteiger partial charge on any atom is -0.335 e. The van der Waals surface area contributed by atoms with Crippen molar-refractivity contribution in [2.24, 2.45) is 0 Å². The fourth-order valence-electron chi connectivity index (χ4n) is 4.11. The largest absolute Gasteiger partial charge is 0.335 e. The van der Waals surface area contributed by atoms with Gasteiger partial charge in [0.15, 0.2) is 0 Å². The molecule has 33 heavy (non-hydrogen) atoms. The van der Waals surface area contributed by atoms with Crippen LogP contribution in [0, 0.1) is 0 Å². The fraction of sp³-hybridized carbons (Fsp3) is 0.310. The maximum atomic E-state index is 13.7. The van der Waals surface area contributed by atoms with Crippen LogP contribution in [-0.4, -0.2) is 23.3 Å². The number of anilines is 1. The second kappa shape index (κ2) is 12.0. The lowest BCUT2D eigenvalue weighted by atomic mass is 9.93. The molecule has 1 N–H and O–H groups in total. The van der Waals surface area contributed by atoms with E-state index in [0.29, 0.717) is 13.0 Å². The summed E-state index contributed by atoms with van der Waals surface area (Å²) >= 11 is 0. The van der Waals surface area contributed by atoms with Crippen molar-refractivity contribution in [3.05, 3.63) is 102 Å². The van der Waals surface area contributed by atoms with Crippen molar-refractivity contribution in [1.82, 2.24) is 4.90 Å². The van der Waals surface area contributed by atoms with Gasteiger partial charge in [-0.3, -0.25) is 9.59 Å². The van der Waals surface area contributed by atoms with Crippen LogP contribution in [0.2, 0.25) is 0 Å². The molecule has 0 radical (unpaired) electrons. The summed E-state index contributed by atoms with van der Waals surface area (Å²) in [4.78, 5) is 28.3. The highest BCUT2D eigenvalue weighted by Gasteiger charge is 2.28. The molecule has 0 heterocycles. The Kier molecular flexibility index (Phi) is 8.82. The quantitative estimate of drug-likeness (QED) is 0.397. The minimum absolute atomic E-state index is 0.0557. The third kappa shape index (κ3) is 6.55. The summed E-state index contributed by atoms with van der Waals surface area (Å²) in [5.74, 6) is -0.271. The van der Waals surface area contributed by atoms with Crippen LogP contribution in [-0.2, 0) is 16.0 Å². The first-order valence-corrected chi connectivity index (χ1v) is 11.8. The Morgan fingerprint density at radius 3 is 1.94 bits per heavy atom. The topological polar surface area (TPSA) is 49.4 Å². The van der Waals surface area contributed by atoms with Crippen molar-refractivity contribution >= 4 is 17.5 Å². The molecule has 0 aliphatic carbocycles. The number of hydrogen-bond donors (Lipinski definition) is 1. The second-order valence-corrected chi connectivity index (χ2v) is 8.34. The molecule has 0 saturated heterocycles. The van der Waals surface area contributed by atoms with Gasteiger partial charge in [0, 0.05) is 18.7 Å². The number of amides is 2. The Hall–Kier alpha value is -3.40. The van der Waals surface area contributed by atoms with Gasteiger partial charge in [0.25, 0.3) is 0 Å². The van der Waals surface area contributed by atoms with Crippen LogP contribution >= 0.6 is 0 Å². The lowest BCUT2D eigenvalue weighted by molar-refractivity contribution is -0.135. The van der Waals surface area contributed by atoms with E-state index in [-0.39, 0.29) is 30.2 Å². The van der Waals surface area contributed by atoms with E-state index >= 15 is 0 Å². The second-order valence-electron chi connectivity index (χ2n) is 8.34. The third-order valence-electron chi connectivity index (χ3n) is 6.17. The molecule has 2 amide bonds. The number of carbonyl (C=O) groups is 2. The van der Waals surface area contributed by atoms with Gasteiger partial charge in [0.2, 0.25) is 11.8 Å². The van der Waals surface area contributed by atoms with Crippen molar-refractivity contribution in [3.8, 4) is 0 Å². The molecule has 3 rings (SSSR count). The minimum atomic E-state index is -0.234. The first kappa shape index (κ1) is 24.2. The van der Waals surface area contributed by atoms with Crippen LogP contribution < -0.4 is 5.32 Å². The number of nitrogens with zero attached hydrogens (tertiary/aromatic N) is 1. The summed E-state index contributed by atoms with van der Waals surface area (Å²) in [7, 11) is 0. The first-order chi connectivity index (χ1) is 16.0. The average molecular weight is 443 g/mol. The zero-order valence-electron chi connectivity index (χ0n) is 19.8. The van der Waals surface area contributed by atoms with E-state index < -0.39 is 0 Å². The van der Waals surface area contributed by atoms with Crippen molar-refractivity contribution in [2.75, 3.05) is 11.9 Å². The molecule has 4 nitrogen and oxygen atoms in total. The highest BCUT2D eigenvalue weighted by Crippen LogP contribution is 2.28. The fourth-order valence-corrected chi connectivity index (χ4v) is 4.11. The standard InChI is InChI=1S/C29H34N2O2/c1-4-23-16-18-26(19-17-23)30-28(32)20-21-31(22(3)24-12-8-6-9-13-24)29(33)27(5-2)25-14-10-7-11-15-25/h6-19,22,27H,4-5,20-21H2,1-3H3,(H,30,32). The first-order valence-electron chi connectivity index (χ1n) is 11.8. The number of benzene rings is 3. The van der Waals surface area contributed by atoms with E-state index in [0.717, 1.165) is 23.2 Å². The molecular formula is C29H34N2O2. The molecule has 4 heteroatoms. The summed E-state index contributed by atoms with van der Waals surface area (Å²) in [6, 6.07) is 27.7. The molecule has 0 aliphatic heterocycles. The van der Waals surface area contributed by atoms with Gasteiger partial charge in [0.05, 0.1) is 12.0 Å². The Labute approximate surface area is 197 Å². The predicted molar refractivity (Wildman–Crippen MR) is 135 cm³/mol. The summed E-state index contributed by atoms with van der Waals surface area (Å²) in [6.07, 6.45) is 1.91. The van der Waals surface area contributed by atoms with Gasteiger partial charge < -0.3 is 10.2 Å².